The molecule has 2 aliphatic rings. The highest BCUT2D eigenvalue weighted by atomic mass is 16.5. The normalized spacial score (nSPS) is 33.2. The molecule has 0 spiro atoms. The Hall–Kier alpha value is -0.120. The van der Waals surface area contributed by atoms with Crippen molar-refractivity contribution >= 4 is 0 Å². The van der Waals surface area contributed by atoms with Crippen LogP contribution in [0.2, 0.25) is 0 Å². The van der Waals surface area contributed by atoms with Crippen molar-refractivity contribution in [2.75, 3.05) is 33.4 Å². The van der Waals surface area contributed by atoms with E-state index in [0.29, 0.717) is 6.04 Å². The first-order valence-electron chi connectivity index (χ1n) is 6.27. The minimum Gasteiger partial charge on any atom is -0.385 e. The monoisotopic (exact) mass is 212 g/mol. The maximum Gasteiger partial charge on any atom is 0.0474 e. The van der Waals surface area contributed by atoms with Gasteiger partial charge in [0.2, 0.25) is 0 Å². The highest BCUT2D eigenvalue weighted by Gasteiger charge is 2.37. The molecular formula is C12H24N2O. The quantitative estimate of drug-likeness (QED) is 0.691. The van der Waals surface area contributed by atoms with E-state index in [2.05, 4.69) is 17.1 Å². The predicted octanol–water partition coefficient (Wildman–Crippen LogP) is 1.10. The van der Waals surface area contributed by atoms with Crippen LogP contribution in [0.4, 0.5) is 0 Å². The van der Waals surface area contributed by atoms with Crippen molar-refractivity contribution in [3.8, 4) is 0 Å². The molecular weight excluding hydrogens is 188 g/mol. The molecule has 2 unspecified atom stereocenters. The maximum absolute atomic E-state index is 5.13. The molecule has 3 nitrogen and oxygen atoms in total. The smallest absolute Gasteiger partial charge is 0.0474 e. The number of rotatable bonds is 5. The Balaban J connectivity index is 1.79. The summed E-state index contributed by atoms with van der Waals surface area (Å²) >= 11 is 0. The predicted molar refractivity (Wildman–Crippen MR) is 62.0 cm³/mol. The van der Waals surface area contributed by atoms with Crippen LogP contribution in [0.3, 0.4) is 0 Å². The second kappa shape index (κ2) is 5.28. The minimum atomic E-state index is 0.655. The zero-order valence-corrected chi connectivity index (χ0v) is 10.0. The average molecular weight is 212 g/mol. The first kappa shape index (κ1) is 11.4. The summed E-state index contributed by atoms with van der Waals surface area (Å²) in [7, 11) is 1.79. The van der Waals surface area contributed by atoms with E-state index in [1.807, 2.05) is 0 Å². The van der Waals surface area contributed by atoms with Crippen LogP contribution in [-0.2, 0) is 4.74 Å². The zero-order valence-electron chi connectivity index (χ0n) is 10.0. The van der Waals surface area contributed by atoms with Gasteiger partial charge in [-0.3, -0.25) is 4.90 Å². The van der Waals surface area contributed by atoms with Crippen molar-refractivity contribution in [2.24, 2.45) is 5.92 Å². The first-order valence-corrected chi connectivity index (χ1v) is 6.27. The summed E-state index contributed by atoms with van der Waals surface area (Å²) in [5.74, 6) is 0.979. The van der Waals surface area contributed by atoms with Gasteiger partial charge in [-0.2, -0.15) is 0 Å². The number of piperazine rings is 1. The van der Waals surface area contributed by atoms with Gasteiger partial charge in [-0.1, -0.05) is 0 Å². The third kappa shape index (κ3) is 3.16. The summed E-state index contributed by atoms with van der Waals surface area (Å²) in [6.45, 7) is 6.80. The molecule has 0 bridgehead atoms. The fourth-order valence-corrected chi connectivity index (χ4v) is 2.62. The molecule has 3 heteroatoms. The molecule has 1 heterocycles. The number of methoxy groups -OCH3 is 1. The fourth-order valence-electron chi connectivity index (χ4n) is 2.62. The summed E-state index contributed by atoms with van der Waals surface area (Å²) in [4.78, 5) is 2.68. The molecule has 1 saturated carbocycles. The molecule has 0 radical (unpaired) electrons. The largest absolute Gasteiger partial charge is 0.385 e. The van der Waals surface area contributed by atoms with Gasteiger partial charge < -0.3 is 10.1 Å². The van der Waals surface area contributed by atoms with Crippen molar-refractivity contribution in [3.05, 3.63) is 0 Å². The fraction of sp³-hybridized carbons (Fsp3) is 1.00. The summed E-state index contributed by atoms with van der Waals surface area (Å²) < 4.78 is 5.13. The molecule has 15 heavy (non-hydrogen) atoms. The van der Waals surface area contributed by atoms with E-state index >= 15 is 0 Å². The first-order chi connectivity index (χ1) is 7.31. The van der Waals surface area contributed by atoms with Crippen LogP contribution in [0.15, 0.2) is 0 Å². The van der Waals surface area contributed by atoms with Crippen molar-refractivity contribution in [1.82, 2.24) is 10.2 Å². The topological polar surface area (TPSA) is 24.5 Å². The van der Waals surface area contributed by atoms with Crippen molar-refractivity contribution in [3.63, 3.8) is 0 Å². The Kier molecular flexibility index (Phi) is 4.00. The molecule has 1 N–H and O–H groups in total. The van der Waals surface area contributed by atoms with Crippen LogP contribution in [-0.4, -0.2) is 50.3 Å². The second-order valence-corrected chi connectivity index (χ2v) is 5.06. The van der Waals surface area contributed by atoms with Crippen molar-refractivity contribution in [2.45, 2.75) is 38.3 Å². The Morgan fingerprint density at radius 1 is 1.40 bits per heavy atom. The molecule has 0 amide bonds. The lowest BCUT2D eigenvalue weighted by molar-refractivity contribution is 0.102. The van der Waals surface area contributed by atoms with Crippen LogP contribution in [0, 0.1) is 5.92 Å². The Bertz CT molecular complexity index is 194. The number of nitrogens with one attached hydrogen (secondary N) is 1. The number of hydrogen-bond acceptors (Lipinski definition) is 3. The summed E-state index contributed by atoms with van der Waals surface area (Å²) in [6, 6.07) is 1.46. The van der Waals surface area contributed by atoms with Gasteiger partial charge in [0.05, 0.1) is 0 Å². The highest BCUT2D eigenvalue weighted by Crippen LogP contribution is 2.36. The SMILES string of the molecule is COCCCN1CC(C)NCC1C1CC1. The van der Waals surface area contributed by atoms with Crippen LogP contribution in [0.5, 0.6) is 0 Å². The van der Waals surface area contributed by atoms with E-state index < -0.39 is 0 Å². The number of nitrogens with zero attached hydrogens (tertiary/aromatic N) is 1. The maximum atomic E-state index is 5.13. The highest BCUT2D eigenvalue weighted by molar-refractivity contribution is 4.94. The number of hydrogen-bond donors (Lipinski definition) is 1. The number of ether oxygens (including phenoxy) is 1. The van der Waals surface area contributed by atoms with E-state index in [4.69, 9.17) is 4.74 Å². The van der Waals surface area contributed by atoms with Crippen LogP contribution < -0.4 is 5.32 Å². The van der Waals surface area contributed by atoms with Crippen LogP contribution >= 0.6 is 0 Å². The van der Waals surface area contributed by atoms with Gasteiger partial charge >= 0.3 is 0 Å². The Morgan fingerprint density at radius 3 is 2.87 bits per heavy atom. The van der Waals surface area contributed by atoms with Gasteiger partial charge in [0, 0.05) is 45.4 Å². The summed E-state index contributed by atoms with van der Waals surface area (Å²) in [5.41, 5.74) is 0. The molecule has 1 aliphatic carbocycles. The summed E-state index contributed by atoms with van der Waals surface area (Å²) in [6.07, 6.45) is 4.06. The summed E-state index contributed by atoms with van der Waals surface area (Å²) in [5, 5.41) is 3.60. The third-order valence-corrected chi connectivity index (χ3v) is 3.61. The van der Waals surface area contributed by atoms with Gasteiger partial charge in [-0.05, 0) is 32.1 Å². The molecule has 88 valence electrons. The Morgan fingerprint density at radius 2 is 2.20 bits per heavy atom. The molecule has 1 aliphatic heterocycles. The van der Waals surface area contributed by atoms with E-state index in [9.17, 15) is 0 Å². The molecule has 2 atom stereocenters. The minimum absolute atomic E-state index is 0.655. The lowest BCUT2D eigenvalue weighted by atomic mass is 10.1. The Labute approximate surface area is 93.2 Å². The van der Waals surface area contributed by atoms with Gasteiger partial charge in [0.25, 0.3) is 0 Å². The van der Waals surface area contributed by atoms with E-state index in [0.717, 1.165) is 18.6 Å². The van der Waals surface area contributed by atoms with Gasteiger partial charge in [-0.15, -0.1) is 0 Å². The van der Waals surface area contributed by atoms with Crippen LogP contribution in [0.1, 0.15) is 26.2 Å². The van der Waals surface area contributed by atoms with Crippen molar-refractivity contribution in [1.29, 1.82) is 0 Å². The van der Waals surface area contributed by atoms with Gasteiger partial charge in [0.1, 0.15) is 0 Å². The van der Waals surface area contributed by atoms with Gasteiger partial charge in [-0.25, -0.2) is 0 Å². The lowest BCUT2D eigenvalue weighted by Crippen LogP contribution is -2.56. The molecule has 0 aromatic heterocycles. The zero-order chi connectivity index (χ0) is 10.7. The standard InChI is InChI=1S/C12H24N2O/c1-10-9-14(6-3-7-15-2)12(8-13-10)11-4-5-11/h10-13H,3-9H2,1-2H3. The molecule has 0 aromatic rings. The lowest BCUT2D eigenvalue weighted by Gasteiger charge is -2.39. The molecule has 1 saturated heterocycles. The molecule has 2 fully saturated rings. The van der Waals surface area contributed by atoms with Crippen LogP contribution in [0.25, 0.3) is 0 Å². The van der Waals surface area contributed by atoms with Gasteiger partial charge in [0.15, 0.2) is 0 Å². The van der Waals surface area contributed by atoms with Crippen molar-refractivity contribution < 1.29 is 4.74 Å². The van der Waals surface area contributed by atoms with E-state index in [1.165, 1.54) is 38.9 Å². The average Bonchev–Trinajstić information content (AvgIpc) is 3.02. The third-order valence-electron chi connectivity index (χ3n) is 3.61. The second-order valence-electron chi connectivity index (χ2n) is 5.06. The molecule has 2 rings (SSSR count). The molecule has 0 aromatic carbocycles. The van der Waals surface area contributed by atoms with E-state index in [1.54, 1.807) is 7.11 Å². The van der Waals surface area contributed by atoms with E-state index in [-0.39, 0.29) is 0 Å².